The second kappa shape index (κ2) is 7.84. The Bertz CT molecular complexity index is 645. The number of piperazine rings is 1. The van der Waals surface area contributed by atoms with Gasteiger partial charge in [0.25, 0.3) is 0 Å². The molecule has 1 N–H and O–H groups in total. The van der Waals surface area contributed by atoms with E-state index in [0.29, 0.717) is 19.3 Å². The molecule has 1 aromatic carbocycles. The van der Waals surface area contributed by atoms with Crippen LogP contribution in [-0.4, -0.2) is 74.2 Å². The molecular formula is C20H29N3O3. The van der Waals surface area contributed by atoms with Crippen molar-refractivity contribution >= 4 is 5.91 Å². The molecule has 0 aromatic heterocycles. The standard InChI is InChI=1S/C20H29N3O3/c1-2-25-18-3-4-19-15(12-18)11-16(14-26-19)20(24)23-8-5-17(13-23)22-9-6-21-7-10-22/h3-4,12,16-17,21H,2,5-11,13-14H2,1H3. The SMILES string of the molecule is CCOc1ccc2c(c1)CC(C(=O)N1CCC(N3CCNCC3)C1)CO2. The molecule has 3 aliphatic heterocycles. The molecule has 6 nitrogen and oxygen atoms in total. The molecule has 0 bridgehead atoms. The zero-order chi connectivity index (χ0) is 17.9. The average Bonchev–Trinajstić information content (AvgIpc) is 3.18. The summed E-state index contributed by atoms with van der Waals surface area (Å²) in [5.41, 5.74) is 1.08. The fourth-order valence-electron chi connectivity index (χ4n) is 4.33. The van der Waals surface area contributed by atoms with Crippen molar-refractivity contribution in [3.8, 4) is 11.5 Å². The van der Waals surface area contributed by atoms with Gasteiger partial charge in [0.1, 0.15) is 18.1 Å². The monoisotopic (exact) mass is 359 g/mol. The highest BCUT2D eigenvalue weighted by Gasteiger charge is 2.35. The van der Waals surface area contributed by atoms with Crippen molar-refractivity contribution in [2.45, 2.75) is 25.8 Å². The van der Waals surface area contributed by atoms with Gasteiger partial charge >= 0.3 is 0 Å². The average molecular weight is 359 g/mol. The number of hydrogen-bond donors (Lipinski definition) is 1. The summed E-state index contributed by atoms with van der Waals surface area (Å²) in [5.74, 6) is 1.90. The highest BCUT2D eigenvalue weighted by Crippen LogP contribution is 2.32. The van der Waals surface area contributed by atoms with Gasteiger partial charge in [0.15, 0.2) is 0 Å². The largest absolute Gasteiger partial charge is 0.494 e. The summed E-state index contributed by atoms with van der Waals surface area (Å²) in [6.45, 7) is 9.12. The lowest BCUT2D eigenvalue weighted by Gasteiger charge is -2.33. The van der Waals surface area contributed by atoms with Gasteiger partial charge < -0.3 is 19.7 Å². The van der Waals surface area contributed by atoms with Crippen molar-refractivity contribution < 1.29 is 14.3 Å². The number of carbonyl (C=O) groups is 1. The minimum Gasteiger partial charge on any atom is -0.494 e. The van der Waals surface area contributed by atoms with E-state index in [9.17, 15) is 4.79 Å². The number of likely N-dealkylation sites (tertiary alicyclic amines) is 1. The van der Waals surface area contributed by atoms with Crippen LogP contribution in [-0.2, 0) is 11.2 Å². The molecule has 3 aliphatic rings. The van der Waals surface area contributed by atoms with Gasteiger partial charge in [-0.2, -0.15) is 0 Å². The molecule has 0 spiro atoms. The molecular weight excluding hydrogens is 330 g/mol. The molecule has 1 aromatic rings. The second-order valence-electron chi connectivity index (χ2n) is 7.43. The number of fused-ring (bicyclic) bond motifs is 1. The molecule has 6 heteroatoms. The highest BCUT2D eigenvalue weighted by molar-refractivity contribution is 5.80. The van der Waals surface area contributed by atoms with Crippen molar-refractivity contribution in [1.29, 1.82) is 0 Å². The maximum Gasteiger partial charge on any atom is 0.229 e. The lowest BCUT2D eigenvalue weighted by Crippen LogP contribution is -2.49. The Hall–Kier alpha value is -1.79. The molecule has 2 fully saturated rings. The molecule has 26 heavy (non-hydrogen) atoms. The minimum atomic E-state index is -0.0823. The molecule has 3 heterocycles. The molecule has 142 valence electrons. The molecule has 4 rings (SSSR count). The Balaban J connectivity index is 1.37. The van der Waals surface area contributed by atoms with Crippen LogP contribution in [0.1, 0.15) is 18.9 Å². The van der Waals surface area contributed by atoms with Gasteiger partial charge in [-0.1, -0.05) is 0 Å². The van der Waals surface area contributed by atoms with Gasteiger partial charge in [0, 0.05) is 45.3 Å². The van der Waals surface area contributed by atoms with Crippen LogP contribution >= 0.6 is 0 Å². The molecule has 0 radical (unpaired) electrons. The van der Waals surface area contributed by atoms with Crippen LogP contribution < -0.4 is 14.8 Å². The predicted molar refractivity (Wildman–Crippen MR) is 99.7 cm³/mol. The number of hydrogen-bond acceptors (Lipinski definition) is 5. The number of benzene rings is 1. The fraction of sp³-hybridized carbons (Fsp3) is 0.650. The van der Waals surface area contributed by atoms with E-state index in [1.807, 2.05) is 25.1 Å². The van der Waals surface area contributed by atoms with E-state index in [4.69, 9.17) is 9.47 Å². The van der Waals surface area contributed by atoms with E-state index in [-0.39, 0.29) is 11.8 Å². The first-order valence-corrected chi connectivity index (χ1v) is 9.86. The zero-order valence-corrected chi connectivity index (χ0v) is 15.6. The van der Waals surface area contributed by atoms with Crippen molar-refractivity contribution in [3.63, 3.8) is 0 Å². The van der Waals surface area contributed by atoms with E-state index < -0.39 is 0 Å². The van der Waals surface area contributed by atoms with E-state index in [0.717, 1.165) is 69.2 Å². The van der Waals surface area contributed by atoms with Crippen molar-refractivity contribution in [2.75, 3.05) is 52.5 Å². The maximum absolute atomic E-state index is 13.0. The Morgan fingerprint density at radius 1 is 1.31 bits per heavy atom. The van der Waals surface area contributed by atoms with E-state index in [1.165, 1.54) is 0 Å². The van der Waals surface area contributed by atoms with Crippen LogP contribution in [0.25, 0.3) is 0 Å². The number of rotatable bonds is 4. The second-order valence-corrected chi connectivity index (χ2v) is 7.43. The lowest BCUT2D eigenvalue weighted by molar-refractivity contribution is -0.136. The molecule has 2 unspecified atom stereocenters. The lowest BCUT2D eigenvalue weighted by atomic mass is 9.95. The Morgan fingerprint density at radius 2 is 2.15 bits per heavy atom. The number of amides is 1. The third kappa shape index (κ3) is 3.67. The number of nitrogens with zero attached hydrogens (tertiary/aromatic N) is 2. The molecule has 0 aliphatic carbocycles. The topological polar surface area (TPSA) is 54.0 Å². The van der Waals surface area contributed by atoms with Gasteiger partial charge in [-0.15, -0.1) is 0 Å². The summed E-state index contributed by atoms with van der Waals surface area (Å²) < 4.78 is 11.5. The van der Waals surface area contributed by atoms with Crippen LogP contribution in [0.3, 0.4) is 0 Å². The smallest absolute Gasteiger partial charge is 0.229 e. The summed E-state index contributed by atoms with van der Waals surface area (Å²) in [6, 6.07) is 6.42. The zero-order valence-electron chi connectivity index (χ0n) is 15.6. The molecule has 2 atom stereocenters. The van der Waals surface area contributed by atoms with Crippen LogP contribution in [0.5, 0.6) is 11.5 Å². The molecule has 1 amide bonds. The summed E-state index contributed by atoms with van der Waals surface area (Å²) in [4.78, 5) is 17.6. The van der Waals surface area contributed by atoms with Crippen LogP contribution in [0.4, 0.5) is 0 Å². The molecule has 2 saturated heterocycles. The Labute approximate surface area is 155 Å². The van der Waals surface area contributed by atoms with Gasteiger partial charge in [0.2, 0.25) is 5.91 Å². The first-order chi connectivity index (χ1) is 12.7. The quantitative estimate of drug-likeness (QED) is 0.874. The van der Waals surface area contributed by atoms with Gasteiger partial charge in [0.05, 0.1) is 12.5 Å². The summed E-state index contributed by atoms with van der Waals surface area (Å²) in [5, 5.41) is 3.40. The first-order valence-electron chi connectivity index (χ1n) is 9.86. The van der Waals surface area contributed by atoms with E-state index >= 15 is 0 Å². The maximum atomic E-state index is 13.0. The fourth-order valence-corrected chi connectivity index (χ4v) is 4.33. The minimum absolute atomic E-state index is 0.0823. The highest BCUT2D eigenvalue weighted by atomic mass is 16.5. The number of ether oxygens (including phenoxy) is 2. The first kappa shape index (κ1) is 17.6. The summed E-state index contributed by atoms with van der Waals surface area (Å²) in [7, 11) is 0. The third-order valence-electron chi connectivity index (χ3n) is 5.74. The number of nitrogens with one attached hydrogen (secondary N) is 1. The van der Waals surface area contributed by atoms with Crippen LogP contribution in [0.15, 0.2) is 18.2 Å². The van der Waals surface area contributed by atoms with Gasteiger partial charge in [-0.25, -0.2) is 0 Å². The van der Waals surface area contributed by atoms with Crippen LogP contribution in [0.2, 0.25) is 0 Å². The van der Waals surface area contributed by atoms with E-state index in [1.54, 1.807) is 0 Å². The van der Waals surface area contributed by atoms with Crippen molar-refractivity contribution in [3.05, 3.63) is 23.8 Å². The van der Waals surface area contributed by atoms with Gasteiger partial charge in [-0.3, -0.25) is 9.69 Å². The van der Waals surface area contributed by atoms with Crippen LogP contribution in [0, 0.1) is 5.92 Å². The van der Waals surface area contributed by atoms with Crippen molar-refractivity contribution in [1.82, 2.24) is 15.1 Å². The summed E-state index contributed by atoms with van der Waals surface area (Å²) >= 11 is 0. The third-order valence-corrected chi connectivity index (χ3v) is 5.74. The predicted octanol–water partition coefficient (Wildman–Crippen LogP) is 1.14. The van der Waals surface area contributed by atoms with E-state index in [2.05, 4.69) is 15.1 Å². The molecule has 0 saturated carbocycles. The Kier molecular flexibility index (Phi) is 5.31. The normalized spacial score (nSPS) is 26.3. The van der Waals surface area contributed by atoms with Gasteiger partial charge in [-0.05, 0) is 43.5 Å². The Morgan fingerprint density at radius 3 is 2.96 bits per heavy atom. The summed E-state index contributed by atoms with van der Waals surface area (Å²) in [6.07, 6.45) is 1.83. The van der Waals surface area contributed by atoms with Crippen molar-refractivity contribution in [2.24, 2.45) is 5.92 Å². The number of carbonyl (C=O) groups excluding carboxylic acids is 1.